The van der Waals surface area contributed by atoms with Gasteiger partial charge in [0, 0.05) is 30.2 Å². The van der Waals surface area contributed by atoms with Crippen molar-refractivity contribution >= 4 is 22.4 Å². The molecule has 2 aromatic heterocycles. The molecule has 2 heterocycles. The van der Waals surface area contributed by atoms with E-state index in [0.29, 0.717) is 5.13 Å². The van der Waals surface area contributed by atoms with Crippen LogP contribution in [0.25, 0.3) is 21.7 Å². The van der Waals surface area contributed by atoms with E-state index in [2.05, 4.69) is 29.4 Å². The van der Waals surface area contributed by atoms with Crippen molar-refractivity contribution in [3.8, 4) is 21.7 Å². The van der Waals surface area contributed by atoms with Crippen LogP contribution in [0.1, 0.15) is 19.4 Å². The Morgan fingerprint density at radius 2 is 1.83 bits per heavy atom. The van der Waals surface area contributed by atoms with Gasteiger partial charge in [-0.2, -0.15) is 4.73 Å². The number of thiazole rings is 1. The van der Waals surface area contributed by atoms with E-state index < -0.39 is 0 Å². The molecule has 1 N–H and O–H groups in total. The minimum Gasteiger partial charge on any atom is -0.619 e. The summed E-state index contributed by atoms with van der Waals surface area (Å²) in [7, 11) is 0. The van der Waals surface area contributed by atoms with Crippen LogP contribution in [-0.4, -0.2) is 10.9 Å². The number of aromatic nitrogens is 2. The number of nitrogens with zero attached hydrogens (tertiary/aromatic N) is 2. The quantitative estimate of drug-likeness (QED) is 0.583. The zero-order chi connectivity index (χ0) is 17.1. The Kier molecular flexibility index (Phi) is 4.57. The number of benzene rings is 1. The predicted octanol–water partition coefficient (Wildman–Crippen LogP) is 3.63. The Labute approximate surface area is 144 Å². The van der Waals surface area contributed by atoms with Crippen molar-refractivity contribution in [1.82, 2.24) is 4.98 Å². The summed E-state index contributed by atoms with van der Waals surface area (Å²) >= 11 is 1.40. The van der Waals surface area contributed by atoms with Gasteiger partial charge in [0.15, 0.2) is 17.5 Å². The van der Waals surface area contributed by atoms with Crippen LogP contribution in [0.2, 0.25) is 0 Å². The maximum atomic E-state index is 11.3. The molecule has 122 valence electrons. The molecule has 0 aliphatic heterocycles. The highest BCUT2D eigenvalue weighted by atomic mass is 32.1. The molecule has 0 aliphatic rings. The molecular weight excluding hydrogens is 322 g/mol. The number of carbonyl (C=O) groups excluding carboxylic acids is 1. The molecule has 0 bridgehead atoms. The highest BCUT2D eigenvalue weighted by Gasteiger charge is 2.16. The SMILES string of the molecule is CCc1ccc(-c2nc(NC(C)=O)sc2-c2cc[n+]([O-])cc2)cc1. The molecule has 0 saturated heterocycles. The van der Waals surface area contributed by atoms with Crippen LogP contribution in [0.4, 0.5) is 5.13 Å². The lowest BCUT2D eigenvalue weighted by atomic mass is 10.0. The van der Waals surface area contributed by atoms with Crippen molar-refractivity contribution in [3.63, 3.8) is 0 Å². The Hall–Kier alpha value is -2.73. The van der Waals surface area contributed by atoms with Crippen molar-refractivity contribution in [2.45, 2.75) is 20.3 Å². The van der Waals surface area contributed by atoms with Gasteiger partial charge in [-0.25, -0.2) is 4.98 Å². The molecule has 0 atom stereocenters. The van der Waals surface area contributed by atoms with Crippen LogP contribution in [-0.2, 0) is 11.2 Å². The van der Waals surface area contributed by atoms with Crippen LogP contribution in [0.5, 0.6) is 0 Å². The summed E-state index contributed by atoms with van der Waals surface area (Å²) in [6.07, 6.45) is 3.89. The number of hydrogen-bond acceptors (Lipinski definition) is 4. The van der Waals surface area contributed by atoms with Gasteiger partial charge in [-0.3, -0.25) is 4.79 Å². The lowest BCUT2D eigenvalue weighted by molar-refractivity contribution is -0.605. The summed E-state index contributed by atoms with van der Waals surface area (Å²) in [5, 5.41) is 14.6. The monoisotopic (exact) mass is 339 g/mol. The lowest BCUT2D eigenvalue weighted by Crippen LogP contribution is -2.23. The van der Waals surface area contributed by atoms with Gasteiger partial charge in [0.2, 0.25) is 5.91 Å². The number of anilines is 1. The average molecular weight is 339 g/mol. The standard InChI is InChI=1S/C18H17N3O2S/c1-3-13-4-6-14(7-5-13)16-17(15-8-10-21(23)11-9-15)24-18(20-16)19-12(2)22/h4-11H,3H2,1-2H3,(H,19,20,22). The summed E-state index contributed by atoms with van der Waals surface area (Å²) in [6, 6.07) is 11.7. The summed E-state index contributed by atoms with van der Waals surface area (Å²) < 4.78 is 0.745. The third kappa shape index (κ3) is 3.44. The molecule has 0 unspecified atom stereocenters. The summed E-state index contributed by atoms with van der Waals surface area (Å²) in [4.78, 5) is 16.8. The molecule has 6 heteroatoms. The van der Waals surface area contributed by atoms with Gasteiger partial charge >= 0.3 is 0 Å². The lowest BCUT2D eigenvalue weighted by Gasteiger charge is -2.04. The smallest absolute Gasteiger partial charge is 0.223 e. The van der Waals surface area contributed by atoms with E-state index in [-0.39, 0.29) is 5.91 Å². The number of amides is 1. The molecule has 3 rings (SSSR count). The van der Waals surface area contributed by atoms with E-state index in [1.165, 1.54) is 36.2 Å². The van der Waals surface area contributed by atoms with E-state index in [1.54, 1.807) is 12.1 Å². The topological polar surface area (TPSA) is 68.9 Å². The summed E-state index contributed by atoms with van der Waals surface area (Å²) in [5.74, 6) is -0.159. The highest BCUT2D eigenvalue weighted by molar-refractivity contribution is 7.19. The van der Waals surface area contributed by atoms with Gasteiger partial charge in [-0.05, 0) is 12.0 Å². The molecular formula is C18H17N3O2S. The molecule has 0 aliphatic carbocycles. The number of rotatable bonds is 4. The highest BCUT2D eigenvalue weighted by Crippen LogP contribution is 2.38. The van der Waals surface area contributed by atoms with Crippen molar-refractivity contribution in [2.75, 3.05) is 5.32 Å². The van der Waals surface area contributed by atoms with E-state index in [4.69, 9.17) is 0 Å². The number of aryl methyl sites for hydroxylation is 1. The first-order chi connectivity index (χ1) is 11.6. The van der Waals surface area contributed by atoms with E-state index >= 15 is 0 Å². The maximum absolute atomic E-state index is 11.3. The molecule has 1 aromatic carbocycles. The van der Waals surface area contributed by atoms with Gasteiger partial charge in [0.25, 0.3) is 0 Å². The van der Waals surface area contributed by atoms with Crippen molar-refractivity contribution < 1.29 is 9.52 Å². The summed E-state index contributed by atoms with van der Waals surface area (Å²) in [6.45, 7) is 3.57. The molecule has 0 saturated carbocycles. The molecule has 1 amide bonds. The fourth-order valence-electron chi connectivity index (χ4n) is 2.38. The van der Waals surface area contributed by atoms with Crippen LogP contribution in [0.15, 0.2) is 48.8 Å². The Morgan fingerprint density at radius 1 is 1.17 bits per heavy atom. The van der Waals surface area contributed by atoms with Gasteiger partial charge in [-0.15, -0.1) is 0 Å². The Bertz CT molecular complexity index is 855. The molecule has 0 spiro atoms. The fraction of sp³-hybridized carbons (Fsp3) is 0.167. The van der Waals surface area contributed by atoms with Gasteiger partial charge in [0.05, 0.1) is 10.6 Å². The van der Waals surface area contributed by atoms with Crippen LogP contribution < -0.4 is 10.0 Å². The van der Waals surface area contributed by atoms with Crippen molar-refractivity contribution in [2.24, 2.45) is 0 Å². The Balaban J connectivity index is 2.09. The molecule has 0 fully saturated rings. The first-order valence-electron chi connectivity index (χ1n) is 7.63. The second-order valence-corrected chi connectivity index (χ2v) is 6.37. The maximum Gasteiger partial charge on any atom is 0.223 e. The predicted molar refractivity (Wildman–Crippen MR) is 95.6 cm³/mol. The van der Waals surface area contributed by atoms with Crippen molar-refractivity contribution in [3.05, 3.63) is 59.6 Å². The first-order valence-corrected chi connectivity index (χ1v) is 8.45. The second-order valence-electron chi connectivity index (χ2n) is 5.38. The van der Waals surface area contributed by atoms with Crippen LogP contribution in [0.3, 0.4) is 0 Å². The molecule has 5 nitrogen and oxygen atoms in total. The van der Waals surface area contributed by atoms with Crippen LogP contribution in [0, 0.1) is 5.21 Å². The second kappa shape index (κ2) is 6.80. The minimum absolute atomic E-state index is 0.159. The third-order valence-electron chi connectivity index (χ3n) is 3.61. The van der Waals surface area contributed by atoms with Gasteiger partial charge in [-0.1, -0.05) is 42.5 Å². The molecule has 24 heavy (non-hydrogen) atoms. The number of carbonyl (C=O) groups is 1. The number of pyridine rings is 1. The van der Waals surface area contributed by atoms with Gasteiger partial charge in [0.1, 0.15) is 0 Å². The normalized spacial score (nSPS) is 10.6. The third-order valence-corrected chi connectivity index (χ3v) is 4.63. The van der Waals surface area contributed by atoms with E-state index in [9.17, 15) is 10.0 Å². The zero-order valence-electron chi connectivity index (χ0n) is 13.4. The minimum atomic E-state index is -0.159. The first kappa shape index (κ1) is 16.1. The largest absolute Gasteiger partial charge is 0.619 e. The fourth-order valence-corrected chi connectivity index (χ4v) is 3.42. The zero-order valence-corrected chi connectivity index (χ0v) is 14.3. The number of hydrogen-bond donors (Lipinski definition) is 1. The van der Waals surface area contributed by atoms with Crippen LogP contribution >= 0.6 is 11.3 Å². The van der Waals surface area contributed by atoms with Crippen molar-refractivity contribution in [1.29, 1.82) is 0 Å². The van der Waals surface area contributed by atoms with Gasteiger partial charge < -0.3 is 10.5 Å². The average Bonchev–Trinajstić information content (AvgIpc) is 2.98. The Morgan fingerprint density at radius 3 is 2.42 bits per heavy atom. The molecule has 0 radical (unpaired) electrons. The van der Waals surface area contributed by atoms with E-state index in [0.717, 1.165) is 32.8 Å². The number of nitrogens with one attached hydrogen (secondary N) is 1. The summed E-state index contributed by atoms with van der Waals surface area (Å²) in [5.41, 5.74) is 3.93. The molecule has 3 aromatic rings. The van der Waals surface area contributed by atoms with E-state index in [1.807, 2.05) is 12.1 Å².